The second-order valence-electron chi connectivity index (χ2n) is 6.66. The molecule has 3 aromatic rings. The minimum absolute atomic E-state index is 0.215. The van der Waals surface area contributed by atoms with Crippen LogP contribution in [0.4, 0.5) is 10.1 Å². The number of amides is 2. The Labute approximate surface area is 176 Å². The zero-order valence-electron chi connectivity index (χ0n) is 15.6. The first-order chi connectivity index (χ1) is 14.0. The van der Waals surface area contributed by atoms with Crippen molar-refractivity contribution in [2.75, 3.05) is 16.9 Å². The van der Waals surface area contributed by atoms with Crippen molar-refractivity contribution in [3.05, 3.63) is 71.0 Å². The molecule has 2 amide bonds. The molecule has 0 radical (unpaired) electrons. The van der Waals surface area contributed by atoms with Crippen molar-refractivity contribution in [2.45, 2.75) is 13.0 Å². The number of thiazole rings is 1. The molecule has 2 heterocycles. The summed E-state index contributed by atoms with van der Waals surface area (Å²) < 4.78 is 14.0. The Morgan fingerprint density at radius 3 is 2.83 bits per heavy atom. The van der Waals surface area contributed by atoms with Crippen molar-refractivity contribution >= 4 is 40.6 Å². The molecule has 2 aromatic carbocycles. The number of halogens is 1. The van der Waals surface area contributed by atoms with E-state index >= 15 is 0 Å². The van der Waals surface area contributed by atoms with Crippen molar-refractivity contribution in [1.29, 1.82) is 0 Å². The van der Waals surface area contributed by atoms with Gasteiger partial charge in [-0.05, 0) is 36.8 Å². The van der Waals surface area contributed by atoms with Crippen molar-refractivity contribution in [1.82, 2.24) is 9.88 Å². The number of rotatable bonds is 4. The second kappa shape index (κ2) is 8.34. The molecule has 0 saturated carbocycles. The summed E-state index contributed by atoms with van der Waals surface area (Å²) in [6.07, 6.45) is 1.45. The van der Waals surface area contributed by atoms with Gasteiger partial charge in [-0.2, -0.15) is 0 Å². The lowest BCUT2D eigenvalue weighted by Crippen LogP contribution is -2.44. The maximum atomic E-state index is 14.0. The zero-order valence-corrected chi connectivity index (χ0v) is 17.2. The Kier molecular flexibility index (Phi) is 5.64. The molecule has 1 saturated heterocycles. The first-order valence-corrected chi connectivity index (χ1v) is 11.0. The molecule has 1 atom stereocenters. The number of nitrogens with zero attached hydrogens (tertiary/aromatic N) is 2. The monoisotopic (exact) mass is 427 g/mol. The number of benzene rings is 2. The lowest BCUT2D eigenvalue weighted by Gasteiger charge is -2.22. The number of nitrogens with one attached hydrogen (secondary N) is 1. The molecular weight excluding hydrogens is 409 g/mol. The fourth-order valence-corrected chi connectivity index (χ4v) is 5.14. The third-order valence-corrected chi connectivity index (χ3v) is 6.58. The number of carbonyl (C=O) groups is 2. The van der Waals surface area contributed by atoms with E-state index in [4.69, 9.17) is 0 Å². The molecule has 1 aromatic heterocycles. The summed E-state index contributed by atoms with van der Waals surface area (Å²) in [4.78, 5) is 31.9. The van der Waals surface area contributed by atoms with Crippen LogP contribution < -0.4 is 5.32 Å². The quantitative estimate of drug-likeness (QED) is 0.670. The number of carbonyl (C=O) groups excluding carboxylic acids is 2. The summed E-state index contributed by atoms with van der Waals surface area (Å²) in [6, 6.07) is 13.3. The molecule has 8 heteroatoms. The summed E-state index contributed by atoms with van der Waals surface area (Å²) in [5, 5.41) is 3.34. The van der Waals surface area contributed by atoms with Crippen LogP contribution in [0.2, 0.25) is 0 Å². The molecule has 5 nitrogen and oxygen atoms in total. The van der Waals surface area contributed by atoms with E-state index in [2.05, 4.69) is 10.3 Å². The normalized spacial score (nSPS) is 16.1. The van der Waals surface area contributed by atoms with E-state index in [1.54, 1.807) is 23.1 Å². The van der Waals surface area contributed by atoms with E-state index < -0.39 is 6.04 Å². The third-order valence-electron chi connectivity index (χ3n) is 4.55. The van der Waals surface area contributed by atoms with Crippen molar-refractivity contribution in [3.63, 3.8) is 0 Å². The van der Waals surface area contributed by atoms with E-state index in [0.29, 0.717) is 32.8 Å². The molecule has 29 heavy (non-hydrogen) atoms. The lowest BCUT2D eigenvalue weighted by atomic mass is 10.2. The van der Waals surface area contributed by atoms with Gasteiger partial charge in [0, 0.05) is 17.0 Å². The Bertz CT molecular complexity index is 1070. The first-order valence-electron chi connectivity index (χ1n) is 9.00. The van der Waals surface area contributed by atoms with Crippen molar-refractivity contribution < 1.29 is 14.0 Å². The van der Waals surface area contributed by atoms with E-state index in [9.17, 15) is 14.0 Å². The van der Waals surface area contributed by atoms with Crippen LogP contribution in [0.15, 0.2) is 54.7 Å². The molecule has 0 aliphatic carbocycles. The number of anilines is 1. The van der Waals surface area contributed by atoms with Gasteiger partial charge in [0.1, 0.15) is 21.7 Å². The Hall–Kier alpha value is -2.71. The third kappa shape index (κ3) is 4.18. The van der Waals surface area contributed by atoms with E-state index in [1.807, 2.05) is 31.2 Å². The van der Waals surface area contributed by atoms with E-state index in [-0.39, 0.29) is 17.6 Å². The van der Waals surface area contributed by atoms with Crippen LogP contribution in [-0.2, 0) is 4.79 Å². The van der Waals surface area contributed by atoms with Crippen LogP contribution in [0.5, 0.6) is 0 Å². The highest BCUT2D eigenvalue weighted by Crippen LogP contribution is 2.30. The minimum Gasteiger partial charge on any atom is -0.324 e. The fourth-order valence-electron chi connectivity index (χ4n) is 3.08. The molecule has 0 spiro atoms. The van der Waals surface area contributed by atoms with Crippen molar-refractivity contribution in [2.24, 2.45) is 0 Å². The van der Waals surface area contributed by atoms with E-state index in [1.165, 1.54) is 24.0 Å². The molecule has 4 rings (SSSR count). The highest BCUT2D eigenvalue weighted by Gasteiger charge is 2.36. The predicted molar refractivity (Wildman–Crippen MR) is 115 cm³/mol. The number of hydrogen-bond donors (Lipinski definition) is 1. The Morgan fingerprint density at radius 2 is 2.03 bits per heavy atom. The molecule has 1 N–H and O–H groups in total. The summed E-state index contributed by atoms with van der Waals surface area (Å²) in [7, 11) is 0. The summed E-state index contributed by atoms with van der Waals surface area (Å²) in [5.74, 6) is 0.0975. The average molecular weight is 428 g/mol. The van der Waals surface area contributed by atoms with Crippen LogP contribution in [0.1, 0.15) is 15.2 Å². The lowest BCUT2D eigenvalue weighted by molar-refractivity contribution is -0.119. The number of aromatic nitrogens is 1. The highest BCUT2D eigenvalue weighted by atomic mass is 32.2. The Morgan fingerprint density at radius 1 is 1.21 bits per heavy atom. The predicted octanol–water partition coefficient (Wildman–Crippen LogP) is 4.41. The van der Waals surface area contributed by atoms with Gasteiger partial charge in [-0.3, -0.25) is 9.59 Å². The van der Waals surface area contributed by atoms with Gasteiger partial charge in [0.15, 0.2) is 0 Å². The number of aryl methyl sites for hydroxylation is 1. The summed E-state index contributed by atoms with van der Waals surface area (Å²) in [5.41, 5.74) is 2.11. The molecule has 1 aliphatic heterocycles. The van der Waals surface area contributed by atoms with Crippen LogP contribution >= 0.6 is 23.1 Å². The molecule has 1 fully saturated rings. The number of thioether (sulfide) groups is 1. The van der Waals surface area contributed by atoms with Crippen LogP contribution in [-0.4, -0.2) is 39.4 Å². The first kappa shape index (κ1) is 19.6. The topological polar surface area (TPSA) is 62.3 Å². The smallest absolute Gasteiger partial charge is 0.266 e. The van der Waals surface area contributed by atoms with Gasteiger partial charge in [-0.25, -0.2) is 9.37 Å². The summed E-state index contributed by atoms with van der Waals surface area (Å²) >= 11 is 2.66. The van der Waals surface area contributed by atoms with Gasteiger partial charge >= 0.3 is 0 Å². The Balaban J connectivity index is 1.51. The average Bonchev–Trinajstić information content (AvgIpc) is 3.38. The molecule has 1 aliphatic rings. The van der Waals surface area contributed by atoms with Crippen LogP contribution in [0.25, 0.3) is 10.6 Å². The van der Waals surface area contributed by atoms with Gasteiger partial charge in [0.05, 0.1) is 12.1 Å². The fraction of sp³-hybridized carbons (Fsp3) is 0.190. The highest BCUT2D eigenvalue weighted by molar-refractivity contribution is 7.99. The standard InChI is InChI=1S/C21H18FN3O2S2/c1-13-5-4-6-14(9-13)24-19(26)17-11-28-12-25(17)21(27)18-10-23-20(29-18)15-7-2-3-8-16(15)22/h2-10,17H,11-12H2,1H3,(H,24,26). The zero-order chi connectivity index (χ0) is 20.4. The maximum absolute atomic E-state index is 14.0. The van der Waals surface area contributed by atoms with E-state index in [0.717, 1.165) is 16.9 Å². The van der Waals surface area contributed by atoms with Crippen LogP contribution in [0.3, 0.4) is 0 Å². The second-order valence-corrected chi connectivity index (χ2v) is 8.69. The largest absolute Gasteiger partial charge is 0.324 e. The molecule has 148 valence electrons. The maximum Gasteiger partial charge on any atom is 0.266 e. The van der Waals surface area contributed by atoms with Gasteiger partial charge in [-0.1, -0.05) is 24.3 Å². The molecule has 1 unspecified atom stereocenters. The SMILES string of the molecule is Cc1cccc(NC(=O)C2CSCN2C(=O)c2cnc(-c3ccccc3F)s2)c1. The van der Waals surface area contributed by atoms with Gasteiger partial charge in [0.2, 0.25) is 5.91 Å². The van der Waals surface area contributed by atoms with Gasteiger partial charge < -0.3 is 10.2 Å². The summed E-state index contributed by atoms with van der Waals surface area (Å²) in [6.45, 7) is 1.95. The minimum atomic E-state index is -0.563. The van der Waals surface area contributed by atoms with Crippen molar-refractivity contribution in [3.8, 4) is 10.6 Å². The molecule has 0 bridgehead atoms. The van der Waals surface area contributed by atoms with Crippen LogP contribution in [0, 0.1) is 12.7 Å². The molecular formula is C21H18FN3O2S2. The number of hydrogen-bond acceptors (Lipinski definition) is 5. The van der Waals surface area contributed by atoms with Gasteiger partial charge in [-0.15, -0.1) is 23.1 Å². The van der Waals surface area contributed by atoms with Gasteiger partial charge in [0.25, 0.3) is 5.91 Å².